The maximum absolute atomic E-state index is 12.4. The molecule has 0 unspecified atom stereocenters. The molecule has 1 aromatic heterocycles. The van der Waals surface area contributed by atoms with Crippen molar-refractivity contribution in [2.45, 2.75) is 11.4 Å². The average Bonchev–Trinajstić information content (AvgIpc) is 2.91. The predicted molar refractivity (Wildman–Crippen MR) is 79.7 cm³/mol. The third-order valence-electron chi connectivity index (χ3n) is 2.83. The number of nitrogens with zero attached hydrogens (tertiary/aromatic N) is 1. The van der Waals surface area contributed by atoms with Gasteiger partial charge in [-0.15, -0.1) is 0 Å². The van der Waals surface area contributed by atoms with Gasteiger partial charge >= 0.3 is 0 Å². The van der Waals surface area contributed by atoms with Gasteiger partial charge < -0.3 is 10.2 Å². The van der Waals surface area contributed by atoms with E-state index in [1.165, 1.54) is 36.0 Å². The maximum Gasteiger partial charge on any atom is 0.243 e. The van der Waals surface area contributed by atoms with Crippen molar-refractivity contribution >= 4 is 27.2 Å². The van der Waals surface area contributed by atoms with Crippen LogP contribution in [-0.2, 0) is 16.6 Å². The molecule has 2 N–H and O–H groups in total. The van der Waals surface area contributed by atoms with Crippen LogP contribution in [0.25, 0.3) is 0 Å². The van der Waals surface area contributed by atoms with Crippen molar-refractivity contribution in [3.8, 4) is 0 Å². The number of furan rings is 1. The van der Waals surface area contributed by atoms with E-state index >= 15 is 0 Å². The fraction of sp³-hybridized carbons (Fsp3) is 0.154. The molecule has 0 radical (unpaired) electrons. The Morgan fingerprint density at radius 2 is 1.95 bits per heavy atom. The fourth-order valence-electron chi connectivity index (χ4n) is 1.70. The smallest absolute Gasteiger partial charge is 0.243 e. The zero-order valence-corrected chi connectivity index (χ0v) is 12.4. The molecule has 0 saturated heterocycles. The van der Waals surface area contributed by atoms with Crippen LogP contribution in [0.5, 0.6) is 0 Å². The van der Waals surface area contributed by atoms with Gasteiger partial charge in [-0.05, 0) is 18.2 Å². The maximum atomic E-state index is 12.4. The summed E-state index contributed by atoms with van der Waals surface area (Å²) in [5, 5.41) is 0. The SMILES string of the molecule is CN(Cc1ccoc1)S(=O)(=O)c1ccc(C(N)=S)cc1. The lowest BCUT2D eigenvalue weighted by Gasteiger charge is -2.16. The van der Waals surface area contributed by atoms with Crippen molar-refractivity contribution in [3.05, 3.63) is 54.0 Å². The molecule has 0 spiro atoms. The summed E-state index contributed by atoms with van der Waals surface area (Å²) in [5.74, 6) is 0. The topological polar surface area (TPSA) is 76.5 Å². The molecule has 1 aromatic carbocycles. The van der Waals surface area contributed by atoms with E-state index in [0.717, 1.165) is 5.56 Å². The lowest BCUT2D eigenvalue weighted by Crippen LogP contribution is -2.26. The molecule has 0 amide bonds. The van der Waals surface area contributed by atoms with Gasteiger partial charge in [0.25, 0.3) is 0 Å². The summed E-state index contributed by atoms with van der Waals surface area (Å²) in [5.41, 5.74) is 6.91. The van der Waals surface area contributed by atoms with Gasteiger partial charge in [-0.2, -0.15) is 4.31 Å². The summed E-state index contributed by atoms with van der Waals surface area (Å²) in [6.07, 6.45) is 3.02. The third-order valence-corrected chi connectivity index (χ3v) is 4.89. The van der Waals surface area contributed by atoms with Crippen molar-refractivity contribution in [3.63, 3.8) is 0 Å². The summed E-state index contributed by atoms with van der Waals surface area (Å²) in [6.45, 7) is 0.246. The minimum absolute atomic E-state index is 0.198. The zero-order valence-electron chi connectivity index (χ0n) is 10.8. The van der Waals surface area contributed by atoms with Crippen LogP contribution in [0.2, 0.25) is 0 Å². The Morgan fingerprint density at radius 1 is 1.30 bits per heavy atom. The summed E-state index contributed by atoms with van der Waals surface area (Å²) in [4.78, 5) is 0.434. The van der Waals surface area contributed by atoms with Crippen LogP contribution in [0, 0.1) is 0 Å². The van der Waals surface area contributed by atoms with Crippen LogP contribution in [0.4, 0.5) is 0 Å². The second-order valence-electron chi connectivity index (χ2n) is 4.28. The molecule has 20 heavy (non-hydrogen) atoms. The molecule has 2 aromatic rings. The van der Waals surface area contributed by atoms with Crippen LogP contribution >= 0.6 is 12.2 Å². The molecule has 2 rings (SSSR count). The number of rotatable bonds is 5. The lowest BCUT2D eigenvalue weighted by molar-refractivity contribution is 0.463. The molecule has 5 nitrogen and oxygen atoms in total. The highest BCUT2D eigenvalue weighted by Crippen LogP contribution is 2.17. The highest BCUT2D eigenvalue weighted by molar-refractivity contribution is 7.89. The fourth-order valence-corrected chi connectivity index (χ4v) is 2.99. The predicted octanol–water partition coefficient (Wildman–Crippen LogP) is 1.73. The molecule has 0 aliphatic heterocycles. The Kier molecular flexibility index (Phi) is 4.22. The molecule has 0 aliphatic rings. The molecule has 1 heterocycles. The van der Waals surface area contributed by atoms with Gasteiger partial charge in [0.2, 0.25) is 10.0 Å². The highest BCUT2D eigenvalue weighted by atomic mass is 32.2. The van der Waals surface area contributed by atoms with E-state index in [1.54, 1.807) is 18.2 Å². The van der Waals surface area contributed by atoms with Crippen molar-refractivity contribution in [1.29, 1.82) is 0 Å². The number of thiocarbonyl (C=S) groups is 1. The van der Waals surface area contributed by atoms with Gasteiger partial charge in [0, 0.05) is 24.7 Å². The van der Waals surface area contributed by atoms with E-state index in [0.29, 0.717) is 5.56 Å². The first-order chi connectivity index (χ1) is 9.41. The Bertz CT molecular complexity index is 692. The number of sulfonamides is 1. The quantitative estimate of drug-likeness (QED) is 0.851. The summed E-state index contributed by atoms with van der Waals surface area (Å²) in [7, 11) is -2.03. The van der Waals surface area contributed by atoms with E-state index in [9.17, 15) is 8.42 Å². The van der Waals surface area contributed by atoms with Gasteiger partial charge in [0.05, 0.1) is 17.4 Å². The monoisotopic (exact) mass is 310 g/mol. The normalized spacial score (nSPS) is 11.7. The van der Waals surface area contributed by atoms with Crippen LogP contribution < -0.4 is 5.73 Å². The van der Waals surface area contributed by atoms with E-state index in [2.05, 4.69) is 0 Å². The summed E-state index contributed by atoms with van der Waals surface area (Å²) in [6, 6.07) is 7.91. The largest absolute Gasteiger partial charge is 0.472 e. The Labute approximate surface area is 123 Å². The van der Waals surface area contributed by atoms with Gasteiger partial charge in [-0.3, -0.25) is 0 Å². The molecular weight excluding hydrogens is 296 g/mol. The first-order valence-electron chi connectivity index (χ1n) is 5.78. The van der Waals surface area contributed by atoms with Crippen molar-refractivity contribution in [2.75, 3.05) is 7.05 Å². The molecule has 7 heteroatoms. The second-order valence-corrected chi connectivity index (χ2v) is 6.77. The Morgan fingerprint density at radius 3 is 2.45 bits per heavy atom. The summed E-state index contributed by atoms with van der Waals surface area (Å²) < 4.78 is 30.9. The van der Waals surface area contributed by atoms with Crippen LogP contribution in [0.1, 0.15) is 11.1 Å². The highest BCUT2D eigenvalue weighted by Gasteiger charge is 2.21. The summed E-state index contributed by atoms with van der Waals surface area (Å²) >= 11 is 4.83. The van der Waals surface area contributed by atoms with Crippen LogP contribution in [0.3, 0.4) is 0 Å². The average molecular weight is 310 g/mol. The van der Waals surface area contributed by atoms with Crippen LogP contribution in [0.15, 0.2) is 52.2 Å². The standard InChI is InChI=1S/C13H14N2O3S2/c1-15(8-10-6-7-18-9-10)20(16,17)12-4-2-11(3-5-12)13(14)19/h2-7,9H,8H2,1H3,(H2,14,19). The Balaban J connectivity index is 2.23. The number of hydrogen-bond donors (Lipinski definition) is 1. The molecular formula is C13H14N2O3S2. The van der Waals surface area contributed by atoms with Gasteiger partial charge in [0.1, 0.15) is 4.99 Å². The number of hydrogen-bond acceptors (Lipinski definition) is 4. The van der Waals surface area contributed by atoms with E-state index in [-0.39, 0.29) is 16.4 Å². The third kappa shape index (κ3) is 3.06. The van der Waals surface area contributed by atoms with Gasteiger partial charge in [-0.25, -0.2) is 8.42 Å². The molecule has 0 bridgehead atoms. The van der Waals surface area contributed by atoms with Crippen LogP contribution in [-0.4, -0.2) is 24.8 Å². The van der Waals surface area contributed by atoms with Crippen molar-refractivity contribution in [2.24, 2.45) is 5.73 Å². The van der Waals surface area contributed by atoms with E-state index < -0.39 is 10.0 Å². The lowest BCUT2D eigenvalue weighted by atomic mass is 10.2. The Hall–Kier alpha value is -1.70. The minimum atomic E-state index is -3.55. The number of benzene rings is 1. The van der Waals surface area contributed by atoms with Crippen molar-refractivity contribution in [1.82, 2.24) is 4.31 Å². The molecule has 0 fully saturated rings. The first kappa shape index (κ1) is 14.7. The molecule has 106 valence electrons. The van der Waals surface area contributed by atoms with Gasteiger partial charge in [-0.1, -0.05) is 24.4 Å². The molecule has 0 atom stereocenters. The first-order valence-corrected chi connectivity index (χ1v) is 7.63. The zero-order chi connectivity index (χ0) is 14.8. The number of nitrogens with two attached hydrogens (primary N) is 1. The minimum Gasteiger partial charge on any atom is -0.472 e. The molecule has 0 saturated carbocycles. The second kappa shape index (κ2) is 5.74. The molecule has 0 aliphatic carbocycles. The van der Waals surface area contributed by atoms with Crippen molar-refractivity contribution < 1.29 is 12.8 Å². The van der Waals surface area contributed by atoms with Gasteiger partial charge in [0.15, 0.2) is 0 Å². The van der Waals surface area contributed by atoms with E-state index in [4.69, 9.17) is 22.4 Å². The van der Waals surface area contributed by atoms with E-state index in [1.807, 2.05) is 0 Å².